The Labute approximate surface area is 113 Å². The summed E-state index contributed by atoms with van der Waals surface area (Å²) in [6.07, 6.45) is -3.46. The molecule has 2 nitrogen and oxygen atoms in total. The zero-order valence-corrected chi connectivity index (χ0v) is 11.1. The summed E-state index contributed by atoms with van der Waals surface area (Å²) in [5, 5.41) is 3.10. The third-order valence-electron chi connectivity index (χ3n) is 2.74. The predicted molar refractivity (Wildman–Crippen MR) is 70.5 cm³/mol. The van der Waals surface area contributed by atoms with Crippen LogP contribution in [0, 0.1) is 6.92 Å². The monoisotopic (exact) mass is 286 g/mol. The van der Waals surface area contributed by atoms with Gasteiger partial charge in [0.1, 0.15) is 0 Å². The topological polar surface area (TPSA) is 24.9 Å². The fraction of sp³-hybridized carbons (Fsp3) is 0.308. The average molecular weight is 286 g/mol. The van der Waals surface area contributed by atoms with Gasteiger partial charge in [0, 0.05) is 23.5 Å². The highest BCUT2D eigenvalue weighted by Gasteiger charge is 2.29. The van der Waals surface area contributed by atoms with Crippen LogP contribution in [0.1, 0.15) is 16.1 Å². The van der Waals surface area contributed by atoms with E-state index in [9.17, 15) is 13.2 Å². The van der Waals surface area contributed by atoms with Gasteiger partial charge in [-0.3, -0.25) is 0 Å². The molecule has 102 valence electrons. The number of aromatic nitrogens is 1. The largest absolute Gasteiger partial charge is 0.416 e. The molecule has 0 amide bonds. The van der Waals surface area contributed by atoms with Crippen molar-refractivity contribution < 1.29 is 13.2 Å². The number of alkyl halides is 3. The highest BCUT2D eigenvalue weighted by molar-refractivity contribution is 7.09. The Morgan fingerprint density at radius 2 is 1.89 bits per heavy atom. The fourth-order valence-corrected chi connectivity index (χ4v) is 2.44. The van der Waals surface area contributed by atoms with Gasteiger partial charge in [0.2, 0.25) is 0 Å². The molecule has 1 heterocycles. The molecule has 0 aliphatic carbocycles. The minimum atomic E-state index is -4.28. The van der Waals surface area contributed by atoms with Crippen LogP contribution in [-0.2, 0) is 12.6 Å². The van der Waals surface area contributed by atoms with Crippen molar-refractivity contribution in [2.45, 2.75) is 19.5 Å². The summed E-state index contributed by atoms with van der Waals surface area (Å²) in [6, 6.07) is 5.06. The van der Waals surface area contributed by atoms with Crippen LogP contribution in [0.4, 0.5) is 18.9 Å². The SMILES string of the molecule is Cc1ncsc1CCNc1ccc(C(F)(F)F)cc1. The zero-order chi connectivity index (χ0) is 13.9. The van der Waals surface area contributed by atoms with E-state index < -0.39 is 11.7 Å². The first-order valence-corrected chi connectivity index (χ1v) is 6.65. The lowest BCUT2D eigenvalue weighted by molar-refractivity contribution is -0.137. The highest BCUT2D eigenvalue weighted by Crippen LogP contribution is 2.29. The number of benzene rings is 1. The van der Waals surface area contributed by atoms with Crippen LogP contribution in [0.15, 0.2) is 29.8 Å². The van der Waals surface area contributed by atoms with Crippen LogP contribution in [0.25, 0.3) is 0 Å². The van der Waals surface area contributed by atoms with Crippen LogP contribution in [0.3, 0.4) is 0 Å². The molecule has 0 fully saturated rings. The van der Waals surface area contributed by atoms with Crippen LogP contribution < -0.4 is 5.32 Å². The molecule has 0 spiro atoms. The Morgan fingerprint density at radius 1 is 1.21 bits per heavy atom. The summed E-state index contributed by atoms with van der Waals surface area (Å²) >= 11 is 1.59. The molecule has 0 radical (unpaired) electrons. The standard InChI is InChI=1S/C13H13F3N2S/c1-9-12(19-8-18-9)6-7-17-11-4-2-10(3-5-11)13(14,15)16/h2-5,8,17H,6-7H2,1H3. The second kappa shape index (κ2) is 5.61. The summed E-state index contributed by atoms with van der Waals surface area (Å²) < 4.78 is 37.1. The van der Waals surface area contributed by atoms with E-state index in [2.05, 4.69) is 10.3 Å². The highest BCUT2D eigenvalue weighted by atomic mass is 32.1. The van der Waals surface area contributed by atoms with Gasteiger partial charge in [0.25, 0.3) is 0 Å². The van der Waals surface area contributed by atoms with Crippen LogP contribution >= 0.6 is 11.3 Å². The molecule has 0 aliphatic rings. The quantitative estimate of drug-likeness (QED) is 0.914. The van der Waals surface area contributed by atoms with Gasteiger partial charge in [-0.1, -0.05) is 0 Å². The summed E-state index contributed by atoms with van der Waals surface area (Å²) in [6.45, 7) is 2.62. The maximum atomic E-state index is 12.4. The number of hydrogen-bond donors (Lipinski definition) is 1. The van der Waals surface area contributed by atoms with Gasteiger partial charge in [-0.2, -0.15) is 13.2 Å². The summed E-state index contributed by atoms with van der Waals surface area (Å²) in [7, 11) is 0. The second-order valence-corrected chi connectivity index (χ2v) is 5.05. The lowest BCUT2D eigenvalue weighted by Crippen LogP contribution is -2.07. The number of hydrogen-bond acceptors (Lipinski definition) is 3. The Hall–Kier alpha value is -1.56. The molecule has 0 unspecified atom stereocenters. The molecule has 0 bridgehead atoms. The molecule has 6 heteroatoms. The molecule has 1 N–H and O–H groups in total. The lowest BCUT2D eigenvalue weighted by atomic mass is 10.2. The van der Waals surface area contributed by atoms with Crippen molar-refractivity contribution in [2.24, 2.45) is 0 Å². The second-order valence-electron chi connectivity index (χ2n) is 4.11. The first kappa shape index (κ1) is 13.9. The van der Waals surface area contributed by atoms with Gasteiger partial charge in [-0.15, -0.1) is 11.3 Å². The number of halogens is 3. The molecular weight excluding hydrogens is 273 g/mol. The van der Waals surface area contributed by atoms with E-state index >= 15 is 0 Å². The van der Waals surface area contributed by atoms with Crippen molar-refractivity contribution in [3.05, 3.63) is 45.9 Å². The molecule has 2 aromatic rings. The third-order valence-corrected chi connectivity index (χ3v) is 3.73. The van der Waals surface area contributed by atoms with Crippen molar-refractivity contribution in [3.8, 4) is 0 Å². The van der Waals surface area contributed by atoms with E-state index in [1.807, 2.05) is 6.92 Å². The van der Waals surface area contributed by atoms with Gasteiger partial charge >= 0.3 is 6.18 Å². The third kappa shape index (κ3) is 3.70. The molecule has 0 aliphatic heterocycles. The molecule has 1 aromatic heterocycles. The molecule has 19 heavy (non-hydrogen) atoms. The molecule has 1 aromatic carbocycles. The summed E-state index contributed by atoms with van der Waals surface area (Å²) in [4.78, 5) is 5.34. The maximum absolute atomic E-state index is 12.4. The number of nitrogens with one attached hydrogen (secondary N) is 1. The van der Waals surface area contributed by atoms with E-state index in [1.54, 1.807) is 16.8 Å². The number of anilines is 1. The first-order chi connectivity index (χ1) is 8.97. The van der Waals surface area contributed by atoms with Crippen LogP contribution in [-0.4, -0.2) is 11.5 Å². The van der Waals surface area contributed by atoms with Crippen molar-refractivity contribution >= 4 is 17.0 Å². The van der Waals surface area contributed by atoms with E-state index in [4.69, 9.17) is 0 Å². The minimum Gasteiger partial charge on any atom is -0.385 e. The number of aryl methyl sites for hydroxylation is 1. The summed E-state index contributed by atoms with van der Waals surface area (Å²) in [5.74, 6) is 0. The van der Waals surface area contributed by atoms with Crippen molar-refractivity contribution in [3.63, 3.8) is 0 Å². The average Bonchev–Trinajstić information content (AvgIpc) is 2.75. The normalized spacial score (nSPS) is 11.6. The Morgan fingerprint density at radius 3 is 2.42 bits per heavy atom. The summed E-state index contributed by atoms with van der Waals surface area (Å²) in [5.41, 5.74) is 2.87. The van der Waals surface area contributed by atoms with E-state index in [1.165, 1.54) is 17.0 Å². The van der Waals surface area contributed by atoms with E-state index in [-0.39, 0.29) is 0 Å². The maximum Gasteiger partial charge on any atom is 0.416 e. The van der Waals surface area contributed by atoms with Gasteiger partial charge in [-0.25, -0.2) is 4.98 Å². The van der Waals surface area contributed by atoms with Gasteiger partial charge in [0.15, 0.2) is 0 Å². The number of rotatable bonds is 4. The minimum absolute atomic E-state index is 0.628. The Bertz CT molecular complexity index is 532. The number of thiazole rings is 1. The van der Waals surface area contributed by atoms with Crippen molar-refractivity contribution in [1.82, 2.24) is 4.98 Å². The predicted octanol–water partition coefficient (Wildman–Crippen LogP) is 4.12. The number of nitrogens with zero attached hydrogens (tertiary/aromatic N) is 1. The van der Waals surface area contributed by atoms with Crippen molar-refractivity contribution in [1.29, 1.82) is 0 Å². The molecular formula is C13H13F3N2S. The molecule has 0 atom stereocenters. The van der Waals surface area contributed by atoms with E-state index in [0.717, 1.165) is 24.2 Å². The van der Waals surface area contributed by atoms with Gasteiger partial charge in [0.05, 0.1) is 16.8 Å². The fourth-order valence-electron chi connectivity index (χ4n) is 1.66. The smallest absolute Gasteiger partial charge is 0.385 e. The van der Waals surface area contributed by atoms with Crippen LogP contribution in [0.2, 0.25) is 0 Å². The van der Waals surface area contributed by atoms with E-state index in [0.29, 0.717) is 12.2 Å². The first-order valence-electron chi connectivity index (χ1n) is 5.77. The molecule has 0 saturated carbocycles. The van der Waals surface area contributed by atoms with Gasteiger partial charge < -0.3 is 5.32 Å². The molecule has 2 rings (SSSR count). The Balaban J connectivity index is 1.89. The zero-order valence-electron chi connectivity index (χ0n) is 10.3. The lowest BCUT2D eigenvalue weighted by Gasteiger charge is -2.09. The van der Waals surface area contributed by atoms with Gasteiger partial charge in [-0.05, 0) is 31.2 Å². The van der Waals surface area contributed by atoms with Crippen LogP contribution in [0.5, 0.6) is 0 Å². The molecule has 0 saturated heterocycles. The van der Waals surface area contributed by atoms with Crippen molar-refractivity contribution in [2.75, 3.05) is 11.9 Å². The Kier molecular flexibility index (Phi) is 4.09.